The predicted octanol–water partition coefficient (Wildman–Crippen LogP) is 3.72. The van der Waals surface area contributed by atoms with Gasteiger partial charge in [0.25, 0.3) is 15.9 Å². The van der Waals surface area contributed by atoms with Gasteiger partial charge in [0, 0.05) is 30.8 Å². The van der Waals surface area contributed by atoms with E-state index in [2.05, 4.69) is 17.2 Å². The Kier molecular flexibility index (Phi) is 9.38. The number of likely N-dealkylation sites (N-methyl/N-ethyl adjacent to an activating group) is 1. The molecule has 9 nitrogen and oxygen atoms in total. The molecule has 0 aromatic heterocycles. The Bertz CT molecular complexity index is 1560. The second-order valence-corrected chi connectivity index (χ2v) is 10.6. The molecule has 0 aliphatic rings. The highest BCUT2D eigenvalue weighted by Crippen LogP contribution is 2.21. The fourth-order valence-corrected chi connectivity index (χ4v) is 5.14. The number of hydrogen-bond donors (Lipinski definition) is 3. The molecule has 0 spiro atoms. The van der Waals surface area contributed by atoms with Crippen LogP contribution in [0.1, 0.15) is 27.0 Å². The summed E-state index contributed by atoms with van der Waals surface area (Å²) in [4.78, 5) is 39.8. The first-order valence-electron chi connectivity index (χ1n) is 12.0. The van der Waals surface area contributed by atoms with Gasteiger partial charge in [-0.2, -0.15) is 0 Å². The highest BCUT2D eigenvalue weighted by molar-refractivity contribution is 7.90. The number of halogens is 2. The third-order valence-electron chi connectivity index (χ3n) is 5.99. The highest BCUT2D eigenvalue weighted by atomic mass is 32.2. The molecule has 0 fully saturated rings. The minimum atomic E-state index is -4.31. The molecule has 3 aromatic carbocycles. The summed E-state index contributed by atoms with van der Waals surface area (Å²) in [5.41, 5.74) is 1.59. The van der Waals surface area contributed by atoms with Crippen LogP contribution in [0.25, 0.3) is 0 Å². The van der Waals surface area contributed by atoms with Gasteiger partial charge >= 0.3 is 6.03 Å². The quantitative estimate of drug-likeness (QED) is 0.362. The van der Waals surface area contributed by atoms with E-state index in [0.717, 1.165) is 17.0 Å². The molecule has 210 valence electrons. The van der Waals surface area contributed by atoms with E-state index < -0.39 is 45.5 Å². The maximum atomic E-state index is 13.9. The van der Waals surface area contributed by atoms with Gasteiger partial charge in [0.05, 0.1) is 4.90 Å². The van der Waals surface area contributed by atoms with Crippen molar-refractivity contribution >= 4 is 33.6 Å². The number of amides is 4. The van der Waals surface area contributed by atoms with Crippen LogP contribution in [0, 0.1) is 25.5 Å². The third-order valence-corrected chi connectivity index (χ3v) is 7.48. The van der Waals surface area contributed by atoms with Gasteiger partial charge in [0.2, 0.25) is 5.91 Å². The van der Waals surface area contributed by atoms with Crippen molar-refractivity contribution in [3.8, 4) is 0 Å². The number of carbonyl (C=O) groups excluding carboxylic acids is 3. The lowest BCUT2D eigenvalue weighted by atomic mass is 10.0. The van der Waals surface area contributed by atoms with Gasteiger partial charge in [0.15, 0.2) is 0 Å². The van der Waals surface area contributed by atoms with E-state index in [9.17, 15) is 31.6 Å². The van der Waals surface area contributed by atoms with Gasteiger partial charge < -0.3 is 15.5 Å². The summed E-state index contributed by atoms with van der Waals surface area (Å²) in [5.74, 6) is -2.98. The van der Waals surface area contributed by atoms with Crippen molar-refractivity contribution in [3.63, 3.8) is 0 Å². The van der Waals surface area contributed by atoms with Crippen LogP contribution in [0.2, 0.25) is 0 Å². The molecule has 4 amide bonds. The number of urea groups is 1. The first kappa shape index (κ1) is 30.0. The molecular weight excluding hydrogens is 542 g/mol. The maximum absolute atomic E-state index is 13.9. The smallest absolute Gasteiger partial charge is 0.329 e. The molecule has 3 N–H and O–H groups in total. The van der Waals surface area contributed by atoms with E-state index >= 15 is 0 Å². The number of benzene rings is 3. The average molecular weight is 571 g/mol. The van der Waals surface area contributed by atoms with Crippen molar-refractivity contribution in [1.82, 2.24) is 15.4 Å². The van der Waals surface area contributed by atoms with Crippen molar-refractivity contribution in [2.45, 2.75) is 31.2 Å². The summed E-state index contributed by atoms with van der Waals surface area (Å²) >= 11 is 0. The minimum Gasteiger partial charge on any atom is -0.329 e. The molecule has 0 saturated carbocycles. The summed E-state index contributed by atoms with van der Waals surface area (Å²) < 4.78 is 55.2. The lowest BCUT2D eigenvalue weighted by Gasteiger charge is -2.25. The summed E-state index contributed by atoms with van der Waals surface area (Å²) in [5, 5.41) is 4.77. The SMILES string of the molecule is C=CNC(=O)c1cc(N(C)C(=O)C(Cc2cc(F)cc(F)c2)NC(=O)NS(=O)(=O)c2ccccc2C)ccc1C. The zero-order valence-corrected chi connectivity index (χ0v) is 22.8. The molecule has 40 heavy (non-hydrogen) atoms. The Hall–Kier alpha value is -4.58. The van der Waals surface area contributed by atoms with Gasteiger partial charge in [-0.15, -0.1) is 0 Å². The number of rotatable bonds is 9. The fraction of sp³-hybridized carbons (Fsp3) is 0.179. The second kappa shape index (κ2) is 12.5. The standard InChI is InChI=1S/C28H28F2N4O5S/c1-5-31-26(35)23-16-22(11-10-17(23)2)34(4)27(36)24(14-19-12-20(29)15-21(30)13-19)32-28(37)33-40(38,39)25-9-7-6-8-18(25)3/h5-13,15-16,24H,1,14H2,2-4H3,(H,31,35)(H2,32,33,37). The normalized spacial score (nSPS) is 11.7. The maximum Gasteiger partial charge on any atom is 0.329 e. The minimum absolute atomic E-state index is 0.0428. The van der Waals surface area contributed by atoms with Crippen LogP contribution in [0.3, 0.4) is 0 Å². The Morgan fingerprint density at radius 2 is 1.62 bits per heavy atom. The molecular formula is C28H28F2N4O5S. The van der Waals surface area contributed by atoms with Crippen LogP contribution in [0.5, 0.6) is 0 Å². The largest absolute Gasteiger partial charge is 0.329 e. The first-order valence-corrected chi connectivity index (χ1v) is 13.4. The van der Waals surface area contributed by atoms with E-state index in [4.69, 9.17) is 0 Å². The lowest BCUT2D eigenvalue weighted by Crippen LogP contribution is -2.52. The number of carbonyl (C=O) groups is 3. The highest BCUT2D eigenvalue weighted by Gasteiger charge is 2.28. The molecule has 12 heteroatoms. The molecule has 0 saturated heterocycles. The average Bonchev–Trinajstić information content (AvgIpc) is 2.87. The van der Waals surface area contributed by atoms with Crippen LogP contribution in [-0.4, -0.2) is 39.4 Å². The van der Waals surface area contributed by atoms with E-state index in [-0.39, 0.29) is 28.1 Å². The lowest BCUT2D eigenvalue weighted by molar-refractivity contribution is -0.120. The fourth-order valence-electron chi connectivity index (χ4n) is 3.98. The van der Waals surface area contributed by atoms with Gasteiger partial charge in [-0.1, -0.05) is 30.8 Å². The van der Waals surface area contributed by atoms with Crippen molar-refractivity contribution in [2.24, 2.45) is 0 Å². The molecule has 0 heterocycles. The molecule has 0 radical (unpaired) electrons. The van der Waals surface area contributed by atoms with Crippen LogP contribution < -0.4 is 20.3 Å². The van der Waals surface area contributed by atoms with E-state index in [1.165, 1.54) is 31.4 Å². The second-order valence-electron chi connectivity index (χ2n) is 8.95. The van der Waals surface area contributed by atoms with Crippen LogP contribution in [0.15, 0.2) is 78.3 Å². The number of nitrogens with one attached hydrogen (secondary N) is 3. The molecule has 1 atom stereocenters. The van der Waals surface area contributed by atoms with Gasteiger partial charge in [-0.05, 0) is 67.1 Å². The number of hydrogen-bond acceptors (Lipinski definition) is 5. The van der Waals surface area contributed by atoms with Gasteiger partial charge in [0.1, 0.15) is 17.7 Å². The number of sulfonamides is 1. The van der Waals surface area contributed by atoms with Gasteiger partial charge in [-0.25, -0.2) is 26.7 Å². The summed E-state index contributed by atoms with van der Waals surface area (Å²) in [6.07, 6.45) is 0.844. The summed E-state index contributed by atoms with van der Waals surface area (Å²) in [7, 11) is -2.93. The monoisotopic (exact) mass is 570 g/mol. The number of anilines is 1. The molecule has 0 aliphatic heterocycles. The molecule has 0 aliphatic carbocycles. The topological polar surface area (TPSA) is 125 Å². The Morgan fingerprint density at radius 1 is 0.975 bits per heavy atom. The molecule has 0 bridgehead atoms. The van der Waals surface area contributed by atoms with E-state index in [1.54, 1.807) is 38.1 Å². The molecule has 1 unspecified atom stereocenters. The third kappa shape index (κ3) is 7.29. The number of aryl methyl sites for hydroxylation is 2. The predicted molar refractivity (Wildman–Crippen MR) is 146 cm³/mol. The van der Waals surface area contributed by atoms with Gasteiger partial charge in [-0.3, -0.25) is 9.59 Å². The molecule has 3 aromatic rings. The summed E-state index contributed by atoms with van der Waals surface area (Å²) in [6.45, 7) is 6.71. The van der Waals surface area contributed by atoms with Crippen LogP contribution in [0.4, 0.5) is 19.3 Å². The van der Waals surface area contributed by atoms with E-state index in [1.807, 2.05) is 4.72 Å². The first-order chi connectivity index (χ1) is 18.8. The zero-order chi connectivity index (χ0) is 29.6. The van der Waals surface area contributed by atoms with Crippen molar-refractivity contribution in [2.75, 3.05) is 11.9 Å². The van der Waals surface area contributed by atoms with Crippen molar-refractivity contribution < 1.29 is 31.6 Å². The van der Waals surface area contributed by atoms with Crippen molar-refractivity contribution in [3.05, 3.63) is 107 Å². The van der Waals surface area contributed by atoms with Crippen LogP contribution >= 0.6 is 0 Å². The van der Waals surface area contributed by atoms with E-state index in [0.29, 0.717) is 17.2 Å². The number of nitrogens with zero attached hydrogens (tertiary/aromatic N) is 1. The zero-order valence-electron chi connectivity index (χ0n) is 22.0. The Balaban J connectivity index is 1.92. The summed E-state index contributed by atoms with van der Waals surface area (Å²) in [6, 6.07) is 10.6. The van der Waals surface area contributed by atoms with Crippen molar-refractivity contribution in [1.29, 1.82) is 0 Å². The molecule has 3 rings (SSSR count). The van der Waals surface area contributed by atoms with Crippen LogP contribution in [-0.2, 0) is 21.2 Å². The Morgan fingerprint density at radius 3 is 2.25 bits per heavy atom. The Labute approximate surface area is 230 Å².